The highest BCUT2D eigenvalue weighted by atomic mass is 79.9. The van der Waals surface area contributed by atoms with Gasteiger partial charge in [-0.25, -0.2) is 9.97 Å². The van der Waals surface area contributed by atoms with Gasteiger partial charge >= 0.3 is 0 Å². The van der Waals surface area contributed by atoms with Gasteiger partial charge in [0.25, 0.3) is 0 Å². The number of rotatable bonds is 4. The Labute approximate surface area is 135 Å². The standard InChI is InChI=1S/C14H14BrN5S/c1-16-13-11-7-17-20(2)14(11)19-12(18-13)8-21-10-5-3-4-9(15)6-10/h3-7H,8H2,1-2H3,(H,16,18,19). The molecule has 7 heteroatoms. The third kappa shape index (κ3) is 3.03. The predicted molar refractivity (Wildman–Crippen MR) is 89.6 cm³/mol. The van der Waals surface area contributed by atoms with Crippen molar-refractivity contribution in [3.8, 4) is 0 Å². The van der Waals surface area contributed by atoms with Crippen molar-refractivity contribution in [1.82, 2.24) is 19.7 Å². The fraction of sp³-hybridized carbons (Fsp3) is 0.214. The van der Waals surface area contributed by atoms with E-state index in [2.05, 4.69) is 48.4 Å². The second-order valence-corrected chi connectivity index (χ2v) is 6.45. The second-order valence-electron chi connectivity index (χ2n) is 4.49. The third-order valence-electron chi connectivity index (χ3n) is 3.04. The summed E-state index contributed by atoms with van der Waals surface area (Å²) in [5.74, 6) is 2.32. The summed E-state index contributed by atoms with van der Waals surface area (Å²) in [5.41, 5.74) is 0.846. The smallest absolute Gasteiger partial charge is 0.163 e. The molecule has 0 unspecified atom stereocenters. The van der Waals surface area contributed by atoms with Crippen molar-refractivity contribution in [3.05, 3.63) is 40.8 Å². The van der Waals surface area contributed by atoms with Gasteiger partial charge in [0.15, 0.2) is 5.65 Å². The number of anilines is 1. The molecule has 2 heterocycles. The number of aryl methyl sites for hydroxylation is 1. The molecule has 0 bridgehead atoms. The molecule has 3 aromatic rings. The van der Waals surface area contributed by atoms with Gasteiger partial charge in [-0.3, -0.25) is 4.68 Å². The fourth-order valence-electron chi connectivity index (χ4n) is 2.03. The molecular weight excluding hydrogens is 350 g/mol. The molecular formula is C14H14BrN5S. The van der Waals surface area contributed by atoms with Crippen molar-refractivity contribution in [2.75, 3.05) is 12.4 Å². The minimum absolute atomic E-state index is 0.715. The van der Waals surface area contributed by atoms with Gasteiger partial charge in [0.2, 0.25) is 0 Å². The van der Waals surface area contributed by atoms with Gasteiger partial charge in [0.05, 0.1) is 17.3 Å². The quantitative estimate of drug-likeness (QED) is 0.719. The van der Waals surface area contributed by atoms with Crippen LogP contribution in [0, 0.1) is 0 Å². The molecule has 0 spiro atoms. The van der Waals surface area contributed by atoms with E-state index in [-0.39, 0.29) is 0 Å². The molecule has 5 nitrogen and oxygen atoms in total. The minimum Gasteiger partial charge on any atom is -0.372 e. The van der Waals surface area contributed by atoms with E-state index >= 15 is 0 Å². The summed E-state index contributed by atoms with van der Waals surface area (Å²) in [6.07, 6.45) is 1.78. The van der Waals surface area contributed by atoms with Gasteiger partial charge in [0.1, 0.15) is 11.6 Å². The highest BCUT2D eigenvalue weighted by molar-refractivity contribution is 9.10. The molecule has 1 aromatic carbocycles. The molecule has 1 N–H and O–H groups in total. The van der Waals surface area contributed by atoms with Crippen molar-refractivity contribution in [2.45, 2.75) is 10.6 Å². The molecule has 0 aliphatic rings. The average Bonchev–Trinajstić information content (AvgIpc) is 2.86. The summed E-state index contributed by atoms with van der Waals surface area (Å²) >= 11 is 5.19. The summed E-state index contributed by atoms with van der Waals surface area (Å²) < 4.78 is 2.84. The largest absolute Gasteiger partial charge is 0.372 e. The Morgan fingerprint density at radius 1 is 1.33 bits per heavy atom. The predicted octanol–water partition coefficient (Wildman–Crippen LogP) is 3.46. The lowest BCUT2D eigenvalue weighted by Gasteiger charge is -2.06. The van der Waals surface area contributed by atoms with Crippen molar-refractivity contribution >= 4 is 44.5 Å². The zero-order chi connectivity index (χ0) is 14.8. The van der Waals surface area contributed by atoms with Crippen LogP contribution in [0.4, 0.5) is 5.82 Å². The zero-order valence-corrected chi connectivity index (χ0v) is 14.1. The maximum absolute atomic E-state index is 4.60. The Morgan fingerprint density at radius 3 is 2.95 bits per heavy atom. The Balaban J connectivity index is 1.88. The van der Waals surface area contributed by atoms with Crippen LogP contribution in [-0.2, 0) is 12.8 Å². The van der Waals surface area contributed by atoms with Gasteiger partial charge < -0.3 is 5.32 Å². The number of benzene rings is 1. The SMILES string of the molecule is CNc1nc(CSc2cccc(Br)c2)nc2c1cnn2C. The van der Waals surface area contributed by atoms with E-state index in [1.54, 1.807) is 22.6 Å². The van der Waals surface area contributed by atoms with E-state index in [0.29, 0.717) is 5.75 Å². The van der Waals surface area contributed by atoms with Crippen LogP contribution in [0.1, 0.15) is 5.82 Å². The first kappa shape index (κ1) is 14.3. The molecule has 0 radical (unpaired) electrons. The lowest BCUT2D eigenvalue weighted by molar-refractivity contribution is 0.782. The monoisotopic (exact) mass is 363 g/mol. The second kappa shape index (κ2) is 6.03. The molecule has 0 aliphatic carbocycles. The Morgan fingerprint density at radius 2 is 2.19 bits per heavy atom. The van der Waals surface area contributed by atoms with E-state index in [4.69, 9.17) is 0 Å². The minimum atomic E-state index is 0.715. The number of hydrogen-bond acceptors (Lipinski definition) is 5. The molecule has 0 amide bonds. The number of nitrogens with one attached hydrogen (secondary N) is 1. The van der Waals surface area contributed by atoms with Crippen LogP contribution in [0.2, 0.25) is 0 Å². The van der Waals surface area contributed by atoms with Gasteiger partial charge in [-0.2, -0.15) is 5.10 Å². The maximum atomic E-state index is 4.60. The fourth-order valence-corrected chi connectivity index (χ4v) is 3.39. The van der Waals surface area contributed by atoms with Crippen LogP contribution in [0.25, 0.3) is 11.0 Å². The number of hydrogen-bond donors (Lipinski definition) is 1. The first-order valence-corrected chi connectivity index (χ1v) is 8.20. The molecule has 0 atom stereocenters. The van der Waals surface area contributed by atoms with Gasteiger partial charge in [-0.05, 0) is 18.2 Å². The maximum Gasteiger partial charge on any atom is 0.163 e. The number of aromatic nitrogens is 4. The van der Waals surface area contributed by atoms with E-state index in [0.717, 1.165) is 27.1 Å². The number of fused-ring (bicyclic) bond motifs is 1. The molecule has 0 fully saturated rings. The van der Waals surface area contributed by atoms with Crippen molar-refractivity contribution < 1.29 is 0 Å². The van der Waals surface area contributed by atoms with Crippen molar-refractivity contribution in [2.24, 2.45) is 7.05 Å². The Kier molecular flexibility index (Phi) is 4.12. The average molecular weight is 364 g/mol. The van der Waals surface area contributed by atoms with E-state index in [1.807, 2.05) is 26.2 Å². The Bertz CT molecular complexity index is 786. The van der Waals surface area contributed by atoms with Gasteiger partial charge in [0, 0.05) is 23.5 Å². The van der Waals surface area contributed by atoms with Crippen molar-refractivity contribution in [1.29, 1.82) is 0 Å². The molecule has 21 heavy (non-hydrogen) atoms. The molecule has 0 saturated heterocycles. The Hall–Kier alpha value is -1.60. The molecule has 2 aromatic heterocycles. The summed E-state index contributed by atoms with van der Waals surface area (Å²) in [6.45, 7) is 0. The summed E-state index contributed by atoms with van der Waals surface area (Å²) in [4.78, 5) is 10.3. The third-order valence-corrected chi connectivity index (χ3v) is 4.52. The van der Waals surface area contributed by atoms with Crippen LogP contribution < -0.4 is 5.32 Å². The lowest BCUT2D eigenvalue weighted by Crippen LogP contribution is -2.02. The normalized spacial score (nSPS) is 11.0. The van der Waals surface area contributed by atoms with Crippen LogP contribution in [0.3, 0.4) is 0 Å². The van der Waals surface area contributed by atoms with Gasteiger partial charge in [-0.1, -0.05) is 22.0 Å². The first-order valence-electron chi connectivity index (χ1n) is 6.42. The molecule has 108 valence electrons. The lowest BCUT2D eigenvalue weighted by atomic mass is 10.4. The summed E-state index contributed by atoms with van der Waals surface area (Å²) in [7, 11) is 3.75. The molecule has 0 saturated carbocycles. The van der Waals surface area contributed by atoms with Crippen molar-refractivity contribution in [3.63, 3.8) is 0 Å². The van der Waals surface area contributed by atoms with E-state index < -0.39 is 0 Å². The van der Waals surface area contributed by atoms with Crippen LogP contribution in [-0.4, -0.2) is 26.8 Å². The highest BCUT2D eigenvalue weighted by Gasteiger charge is 2.10. The van der Waals surface area contributed by atoms with Gasteiger partial charge in [-0.15, -0.1) is 11.8 Å². The molecule has 0 aliphatic heterocycles. The number of nitrogens with zero attached hydrogens (tertiary/aromatic N) is 4. The topological polar surface area (TPSA) is 55.6 Å². The van der Waals surface area contributed by atoms with E-state index in [1.165, 1.54) is 4.90 Å². The summed E-state index contributed by atoms with van der Waals surface area (Å²) in [5, 5.41) is 8.29. The zero-order valence-electron chi connectivity index (χ0n) is 11.7. The van der Waals surface area contributed by atoms with Crippen LogP contribution >= 0.6 is 27.7 Å². The van der Waals surface area contributed by atoms with Crippen LogP contribution in [0.15, 0.2) is 39.8 Å². The number of halogens is 1. The van der Waals surface area contributed by atoms with Crippen LogP contribution in [0.5, 0.6) is 0 Å². The highest BCUT2D eigenvalue weighted by Crippen LogP contribution is 2.26. The summed E-state index contributed by atoms with van der Waals surface area (Å²) in [6, 6.07) is 8.21. The number of thioether (sulfide) groups is 1. The molecule has 3 rings (SSSR count). The van der Waals surface area contributed by atoms with E-state index in [9.17, 15) is 0 Å². The first-order chi connectivity index (χ1) is 10.2.